The van der Waals surface area contributed by atoms with Crippen molar-refractivity contribution in [1.82, 2.24) is 9.88 Å². The van der Waals surface area contributed by atoms with Gasteiger partial charge in [0.15, 0.2) is 5.43 Å². The number of anilines is 1. The molecule has 29 heavy (non-hydrogen) atoms. The van der Waals surface area contributed by atoms with Crippen molar-refractivity contribution < 1.29 is 4.79 Å². The molecule has 2 aromatic carbocycles. The summed E-state index contributed by atoms with van der Waals surface area (Å²) in [7, 11) is 2.09. The lowest BCUT2D eigenvalue weighted by Crippen LogP contribution is -2.28. The predicted octanol–water partition coefficient (Wildman–Crippen LogP) is 2.59. The van der Waals surface area contributed by atoms with E-state index in [0.29, 0.717) is 23.4 Å². The van der Waals surface area contributed by atoms with E-state index >= 15 is 0 Å². The molecule has 0 bridgehead atoms. The largest absolute Gasteiger partial charge is 0.371 e. The summed E-state index contributed by atoms with van der Waals surface area (Å²) < 4.78 is 0. The van der Waals surface area contributed by atoms with Crippen LogP contribution in [0, 0.1) is 5.92 Å². The number of nitrogens with zero attached hydrogens (tertiary/aromatic N) is 2. The van der Waals surface area contributed by atoms with Crippen LogP contribution >= 0.6 is 0 Å². The molecule has 0 radical (unpaired) electrons. The van der Waals surface area contributed by atoms with E-state index in [4.69, 9.17) is 5.73 Å². The molecule has 0 saturated carbocycles. The molecular weight excluding hydrogens is 364 g/mol. The number of aromatic amines is 1. The molecule has 0 spiro atoms. The number of hydrogen-bond acceptors (Lipinski definition) is 4. The van der Waals surface area contributed by atoms with Crippen molar-refractivity contribution >= 4 is 22.5 Å². The van der Waals surface area contributed by atoms with Crippen LogP contribution in [0.5, 0.6) is 0 Å². The van der Waals surface area contributed by atoms with Crippen LogP contribution in [0.3, 0.4) is 0 Å². The molecular formula is C23H26N4O2. The maximum absolute atomic E-state index is 12.5. The van der Waals surface area contributed by atoms with E-state index in [2.05, 4.69) is 46.1 Å². The highest BCUT2D eigenvalue weighted by molar-refractivity contribution is 5.96. The van der Waals surface area contributed by atoms with Crippen molar-refractivity contribution in [2.24, 2.45) is 11.7 Å². The van der Waals surface area contributed by atoms with Gasteiger partial charge < -0.3 is 20.5 Å². The van der Waals surface area contributed by atoms with Crippen LogP contribution in [0.15, 0.2) is 59.4 Å². The summed E-state index contributed by atoms with van der Waals surface area (Å²) in [6.45, 7) is 3.78. The van der Waals surface area contributed by atoms with Gasteiger partial charge in [0.1, 0.15) is 0 Å². The van der Waals surface area contributed by atoms with Gasteiger partial charge >= 0.3 is 0 Å². The van der Waals surface area contributed by atoms with Crippen molar-refractivity contribution in [3.63, 3.8) is 0 Å². The Balaban J connectivity index is 1.41. The number of H-pyrrole nitrogens is 1. The first-order valence-corrected chi connectivity index (χ1v) is 9.94. The van der Waals surface area contributed by atoms with Gasteiger partial charge in [-0.05, 0) is 49.7 Å². The van der Waals surface area contributed by atoms with Crippen LogP contribution in [-0.4, -0.2) is 42.5 Å². The SMILES string of the molecule is CN(Cc1cc(=O)c2cc(C(N)=O)ccc2[nH]1)CC1CCN(c2ccccc2)C1. The van der Waals surface area contributed by atoms with Gasteiger partial charge in [0.05, 0.1) is 0 Å². The van der Waals surface area contributed by atoms with Gasteiger partial charge in [-0.15, -0.1) is 0 Å². The van der Waals surface area contributed by atoms with Crippen LogP contribution in [-0.2, 0) is 6.54 Å². The fourth-order valence-electron chi connectivity index (χ4n) is 4.19. The number of benzene rings is 2. The van der Waals surface area contributed by atoms with Gasteiger partial charge in [0, 0.05) is 60.1 Å². The summed E-state index contributed by atoms with van der Waals surface area (Å²) in [6.07, 6.45) is 1.17. The Hall–Kier alpha value is -3.12. The quantitative estimate of drug-likeness (QED) is 0.678. The first-order valence-electron chi connectivity index (χ1n) is 9.94. The Morgan fingerprint density at radius 2 is 2.00 bits per heavy atom. The Morgan fingerprint density at radius 1 is 1.21 bits per heavy atom. The molecule has 1 saturated heterocycles. The van der Waals surface area contributed by atoms with E-state index in [-0.39, 0.29) is 5.43 Å². The molecule has 4 rings (SSSR count). The molecule has 3 N–H and O–H groups in total. The number of para-hydroxylation sites is 1. The number of fused-ring (bicyclic) bond motifs is 1. The molecule has 1 amide bonds. The summed E-state index contributed by atoms with van der Waals surface area (Å²) in [5, 5.41) is 0.488. The van der Waals surface area contributed by atoms with Crippen molar-refractivity contribution in [1.29, 1.82) is 0 Å². The second kappa shape index (κ2) is 8.09. The summed E-state index contributed by atoms with van der Waals surface area (Å²) in [4.78, 5) is 31.9. The zero-order chi connectivity index (χ0) is 20.4. The fraction of sp³-hybridized carbons (Fsp3) is 0.304. The normalized spacial score (nSPS) is 16.6. The lowest BCUT2D eigenvalue weighted by molar-refractivity contribution is 0.100. The highest BCUT2D eigenvalue weighted by Gasteiger charge is 2.23. The van der Waals surface area contributed by atoms with Gasteiger partial charge in [0.2, 0.25) is 5.91 Å². The number of carbonyl (C=O) groups excluding carboxylic acids is 1. The molecule has 150 valence electrons. The minimum atomic E-state index is -0.531. The maximum atomic E-state index is 12.5. The minimum absolute atomic E-state index is 0.0960. The average molecular weight is 390 g/mol. The molecule has 6 heteroatoms. The van der Waals surface area contributed by atoms with E-state index in [0.717, 1.165) is 30.8 Å². The zero-order valence-electron chi connectivity index (χ0n) is 16.6. The summed E-state index contributed by atoms with van der Waals surface area (Å²) in [5.74, 6) is 0.0710. The second-order valence-electron chi connectivity index (χ2n) is 7.92. The number of primary amides is 1. The smallest absolute Gasteiger partial charge is 0.248 e. The van der Waals surface area contributed by atoms with E-state index in [9.17, 15) is 9.59 Å². The third kappa shape index (κ3) is 4.32. The molecule has 1 aromatic heterocycles. The number of nitrogens with two attached hydrogens (primary N) is 1. The van der Waals surface area contributed by atoms with Crippen LogP contribution in [0.1, 0.15) is 22.5 Å². The van der Waals surface area contributed by atoms with Gasteiger partial charge in [-0.1, -0.05) is 18.2 Å². The third-order valence-electron chi connectivity index (χ3n) is 5.59. The first kappa shape index (κ1) is 19.2. The van der Waals surface area contributed by atoms with Gasteiger partial charge in [0.25, 0.3) is 0 Å². The van der Waals surface area contributed by atoms with Gasteiger partial charge in [-0.25, -0.2) is 0 Å². The second-order valence-corrected chi connectivity index (χ2v) is 7.92. The van der Waals surface area contributed by atoms with Crippen LogP contribution in [0.25, 0.3) is 10.9 Å². The lowest BCUT2D eigenvalue weighted by Gasteiger charge is -2.22. The maximum Gasteiger partial charge on any atom is 0.248 e. The van der Waals surface area contributed by atoms with Crippen LogP contribution in [0.4, 0.5) is 5.69 Å². The molecule has 2 heterocycles. The zero-order valence-corrected chi connectivity index (χ0v) is 16.6. The molecule has 1 aliphatic heterocycles. The van der Waals surface area contributed by atoms with Crippen molar-refractivity contribution in [2.75, 3.05) is 31.6 Å². The molecule has 1 atom stereocenters. The number of hydrogen-bond donors (Lipinski definition) is 2. The average Bonchev–Trinajstić information content (AvgIpc) is 3.16. The Kier molecular flexibility index (Phi) is 5.36. The summed E-state index contributed by atoms with van der Waals surface area (Å²) in [6, 6.07) is 17.1. The Bertz CT molecular complexity index is 1080. The minimum Gasteiger partial charge on any atom is -0.371 e. The third-order valence-corrected chi connectivity index (χ3v) is 5.59. The molecule has 3 aromatic rings. The van der Waals surface area contributed by atoms with Crippen molar-refractivity contribution in [3.8, 4) is 0 Å². The van der Waals surface area contributed by atoms with E-state index < -0.39 is 5.91 Å². The lowest BCUT2D eigenvalue weighted by atomic mass is 10.1. The number of rotatable bonds is 6. The highest BCUT2D eigenvalue weighted by atomic mass is 16.1. The summed E-state index contributed by atoms with van der Waals surface area (Å²) >= 11 is 0. The topological polar surface area (TPSA) is 82.4 Å². The molecule has 1 unspecified atom stereocenters. The molecule has 1 fully saturated rings. The van der Waals surface area contributed by atoms with E-state index in [1.165, 1.54) is 12.1 Å². The fourth-order valence-corrected chi connectivity index (χ4v) is 4.19. The molecule has 6 nitrogen and oxygen atoms in total. The number of aromatic nitrogens is 1. The molecule has 0 aliphatic carbocycles. The first-order chi connectivity index (χ1) is 14.0. The highest BCUT2D eigenvalue weighted by Crippen LogP contribution is 2.24. The number of amides is 1. The van der Waals surface area contributed by atoms with Crippen molar-refractivity contribution in [2.45, 2.75) is 13.0 Å². The van der Waals surface area contributed by atoms with Gasteiger partial charge in [-0.2, -0.15) is 0 Å². The standard InChI is InChI=1S/C23H26N4O2/c1-26(13-16-9-10-27(14-16)19-5-3-2-4-6-19)15-18-12-22(28)20-11-17(23(24)29)7-8-21(20)25-18/h2-8,11-12,16H,9-10,13-15H2,1H3,(H2,24,29)(H,25,28). The van der Waals surface area contributed by atoms with Crippen LogP contribution < -0.4 is 16.1 Å². The van der Waals surface area contributed by atoms with Crippen molar-refractivity contribution in [3.05, 3.63) is 76.1 Å². The van der Waals surface area contributed by atoms with Gasteiger partial charge in [-0.3, -0.25) is 9.59 Å². The Morgan fingerprint density at radius 3 is 2.76 bits per heavy atom. The number of carbonyl (C=O) groups is 1. The predicted molar refractivity (Wildman–Crippen MR) is 116 cm³/mol. The number of pyridine rings is 1. The monoisotopic (exact) mass is 390 g/mol. The Labute approximate surface area is 169 Å². The molecule has 1 aliphatic rings. The van der Waals surface area contributed by atoms with E-state index in [1.54, 1.807) is 24.3 Å². The van der Waals surface area contributed by atoms with E-state index in [1.807, 2.05) is 6.07 Å². The van der Waals surface area contributed by atoms with Crippen LogP contribution in [0.2, 0.25) is 0 Å². The summed E-state index contributed by atoms with van der Waals surface area (Å²) in [5.41, 5.74) is 8.44. The number of nitrogens with one attached hydrogen (secondary N) is 1.